The van der Waals surface area contributed by atoms with Gasteiger partial charge in [-0.25, -0.2) is 4.98 Å². The second-order valence-corrected chi connectivity index (χ2v) is 4.72. The van der Waals surface area contributed by atoms with Crippen LogP contribution in [0.4, 0.5) is 5.82 Å². The van der Waals surface area contributed by atoms with Crippen LogP contribution in [0.3, 0.4) is 0 Å². The lowest BCUT2D eigenvalue weighted by Crippen LogP contribution is -2.31. The predicted octanol–water partition coefficient (Wildman–Crippen LogP) is 1.04. The Bertz CT molecular complexity index is 457. The van der Waals surface area contributed by atoms with E-state index in [4.69, 9.17) is 0 Å². The maximum atomic E-state index is 11.7. The standard InChI is InChI=1S/C11H17IN4O2/c1-3-16(4-2)8(17)5-6-13-10-9(12)11(18)15-7-14-10/h7H,3-6H2,1-2H3,(H2,13,14,15,18). The second kappa shape index (κ2) is 7.34. The van der Waals surface area contributed by atoms with Gasteiger partial charge in [-0.2, -0.15) is 0 Å². The summed E-state index contributed by atoms with van der Waals surface area (Å²) in [5.41, 5.74) is -0.178. The average Bonchev–Trinajstić information content (AvgIpc) is 2.36. The highest BCUT2D eigenvalue weighted by molar-refractivity contribution is 14.1. The van der Waals surface area contributed by atoms with E-state index in [1.807, 2.05) is 36.4 Å². The maximum absolute atomic E-state index is 11.7. The molecule has 0 fully saturated rings. The molecule has 1 aromatic rings. The molecule has 0 bridgehead atoms. The topological polar surface area (TPSA) is 78.1 Å². The maximum Gasteiger partial charge on any atom is 0.266 e. The van der Waals surface area contributed by atoms with Gasteiger partial charge in [-0.3, -0.25) is 9.59 Å². The van der Waals surface area contributed by atoms with Gasteiger partial charge < -0.3 is 15.2 Å². The molecule has 1 rings (SSSR count). The van der Waals surface area contributed by atoms with Gasteiger partial charge in [0, 0.05) is 26.1 Å². The van der Waals surface area contributed by atoms with Gasteiger partial charge in [-0.1, -0.05) is 0 Å². The van der Waals surface area contributed by atoms with Crippen LogP contribution in [0.25, 0.3) is 0 Å². The Morgan fingerprint density at radius 2 is 2.17 bits per heavy atom. The first kappa shape index (κ1) is 14.9. The van der Waals surface area contributed by atoms with Crippen molar-refractivity contribution < 1.29 is 4.79 Å². The highest BCUT2D eigenvalue weighted by atomic mass is 127. The lowest BCUT2D eigenvalue weighted by Gasteiger charge is -2.18. The first-order valence-corrected chi connectivity index (χ1v) is 6.92. The van der Waals surface area contributed by atoms with Gasteiger partial charge in [0.15, 0.2) is 0 Å². The zero-order valence-electron chi connectivity index (χ0n) is 10.5. The zero-order chi connectivity index (χ0) is 13.5. The molecule has 0 unspecified atom stereocenters. The van der Waals surface area contributed by atoms with Gasteiger partial charge >= 0.3 is 0 Å². The largest absolute Gasteiger partial charge is 0.368 e. The zero-order valence-corrected chi connectivity index (χ0v) is 12.7. The molecule has 100 valence electrons. The number of halogens is 1. The third kappa shape index (κ3) is 3.97. The predicted molar refractivity (Wildman–Crippen MR) is 78.6 cm³/mol. The smallest absolute Gasteiger partial charge is 0.266 e. The van der Waals surface area contributed by atoms with E-state index in [1.165, 1.54) is 6.33 Å². The van der Waals surface area contributed by atoms with E-state index in [2.05, 4.69) is 15.3 Å². The lowest BCUT2D eigenvalue weighted by molar-refractivity contribution is -0.130. The number of anilines is 1. The molecular formula is C11H17IN4O2. The molecule has 18 heavy (non-hydrogen) atoms. The Morgan fingerprint density at radius 3 is 2.78 bits per heavy atom. The van der Waals surface area contributed by atoms with Gasteiger partial charge in [0.05, 0.1) is 6.33 Å². The highest BCUT2D eigenvalue weighted by Gasteiger charge is 2.10. The molecule has 2 N–H and O–H groups in total. The summed E-state index contributed by atoms with van der Waals surface area (Å²) >= 11 is 1.93. The van der Waals surface area contributed by atoms with Gasteiger partial charge in [0.1, 0.15) is 9.39 Å². The quantitative estimate of drug-likeness (QED) is 0.740. The van der Waals surface area contributed by atoms with E-state index >= 15 is 0 Å². The number of rotatable bonds is 6. The van der Waals surface area contributed by atoms with Crippen molar-refractivity contribution in [3.63, 3.8) is 0 Å². The lowest BCUT2D eigenvalue weighted by atomic mass is 10.3. The van der Waals surface area contributed by atoms with Crippen LogP contribution in [0, 0.1) is 3.57 Å². The summed E-state index contributed by atoms with van der Waals surface area (Å²) in [5, 5.41) is 3.00. The molecule has 0 aliphatic rings. The third-order valence-corrected chi connectivity index (χ3v) is 3.54. The Kier molecular flexibility index (Phi) is 6.10. The van der Waals surface area contributed by atoms with Gasteiger partial charge in [-0.15, -0.1) is 0 Å². The number of aromatic amines is 1. The van der Waals surface area contributed by atoms with E-state index in [1.54, 1.807) is 4.90 Å². The number of hydrogen-bond donors (Lipinski definition) is 2. The summed E-state index contributed by atoms with van der Waals surface area (Å²) in [7, 11) is 0. The van der Waals surface area contributed by atoms with Crippen molar-refractivity contribution in [3.05, 3.63) is 20.3 Å². The SMILES string of the molecule is CCN(CC)C(=O)CCNc1nc[nH]c(=O)c1I. The van der Waals surface area contributed by atoms with E-state index in [0.29, 0.717) is 22.4 Å². The second-order valence-electron chi connectivity index (χ2n) is 3.64. The molecule has 0 saturated heterocycles. The summed E-state index contributed by atoms with van der Waals surface area (Å²) < 4.78 is 0.505. The fourth-order valence-corrected chi connectivity index (χ4v) is 2.01. The number of nitrogens with one attached hydrogen (secondary N) is 2. The van der Waals surface area contributed by atoms with Crippen LogP contribution in [0.1, 0.15) is 20.3 Å². The summed E-state index contributed by atoms with van der Waals surface area (Å²) in [4.78, 5) is 31.3. The van der Waals surface area contributed by atoms with Crippen LogP contribution in [-0.2, 0) is 4.79 Å². The molecule has 0 aliphatic carbocycles. The normalized spacial score (nSPS) is 10.2. The van der Waals surface area contributed by atoms with E-state index in [-0.39, 0.29) is 11.5 Å². The molecule has 0 radical (unpaired) electrons. The summed E-state index contributed by atoms with van der Waals surface area (Å²) in [6.45, 7) is 5.82. The van der Waals surface area contributed by atoms with Crippen LogP contribution in [-0.4, -0.2) is 40.4 Å². The number of carbonyl (C=O) groups is 1. The minimum absolute atomic E-state index is 0.104. The number of amides is 1. The Labute approximate surface area is 119 Å². The van der Waals surface area contributed by atoms with Crippen molar-refractivity contribution in [3.8, 4) is 0 Å². The fourth-order valence-electron chi connectivity index (χ4n) is 1.53. The monoisotopic (exact) mass is 364 g/mol. The highest BCUT2D eigenvalue weighted by Crippen LogP contribution is 2.08. The Morgan fingerprint density at radius 1 is 1.50 bits per heavy atom. The van der Waals surface area contributed by atoms with E-state index < -0.39 is 0 Å². The van der Waals surface area contributed by atoms with Crippen LogP contribution in [0.5, 0.6) is 0 Å². The Hall–Kier alpha value is -1.12. The molecule has 0 aromatic carbocycles. The van der Waals surface area contributed by atoms with Crippen LogP contribution in [0.2, 0.25) is 0 Å². The molecule has 0 aliphatic heterocycles. The first-order valence-electron chi connectivity index (χ1n) is 5.85. The minimum Gasteiger partial charge on any atom is -0.368 e. The molecule has 6 nitrogen and oxygen atoms in total. The molecule has 1 heterocycles. The summed E-state index contributed by atoms with van der Waals surface area (Å²) in [6, 6.07) is 0. The van der Waals surface area contributed by atoms with Gasteiger partial charge in [-0.05, 0) is 36.4 Å². The van der Waals surface area contributed by atoms with Crippen molar-refractivity contribution in [1.82, 2.24) is 14.9 Å². The van der Waals surface area contributed by atoms with Crippen molar-refractivity contribution in [2.45, 2.75) is 20.3 Å². The van der Waals surface area contributed by atoms with Crippen molar-refractivity contribution >= 4 is 34.3 Å². The average molecular weight is 364 g/mol. The van der Waals surface area contributed by atoms with Crippen molar-refractivity contribution in [1.29, 1.82) is 0 Å². The summed E-state index contributed by atoms with van der Waals surface area (Å²) in [5.74, 6) is 0.624. The Balaban J connectivity index is 2.49. The van der Waals surface area contributed by atoms with E-state index in [9.17, 15) is 9.59 Å². The third-order valence-electron chi connectivity index (χ3n) is 2.54. The number of carbonyl (C=O) groups excluding carboxylic acids is 1. The van der Waals surface area contributed by atoms with Crippen LogP contribution in [0.15, 0.2) is 11.1 Å². The number of hydrogen-bond acceptors (Lipinski definition) is 4. The van der Waals surface area contributed by atoms with Crippen LogP contribution >= 0.6 is 22.6 Å². The van der Waals surface area contributed by atoms with Crippen molar-refractivity contribution in [2.75, 3.05) is 25.0 Å². The molecule has 7 heteroatoms. The van der Waals surface area contributed by atoms with Gasteiger partial charge in [0.2, 0.25) is 5.91 Å². The van der Waals surface area contributed by atoms with E-state index in [0.717, 1.165) is 13.1 Å². The molecular weight excluding hydrogens is 347 g/mol. The molecule has 0 atom stereocenters. The number of H-pyrrole nitrogens is 1. The summed E-state index contributed by atoms with van der Waals surface area (Å²) in [6.07, 6.45) is 1.74. The molecule has 1 amide bonds. The number of aromatic nitrogens is 2. The molecule has 0 spiro atoms. The molecule has 1 aromatic heterocycles. The number of nitrogens with zero attached hydrogens (tertiary/aromatic N) is 2. The first-order chi connectivity index (χ1) is 8.60. The minimum atomic E-state index is -0.178. The molecule has 0 saturated carbocycles. The fraction of sp³-hybridized carbons (Fsp3) is 0.545. The van der Waals surface area contributed by atoms with Crippen molar-refractivity contribution in [2.24, 2.45) is 0 Å². The van der Waals surface area contributed by atoms with Crippen LogP contribution < -0.4 is 10.9 Å². The van der Waals surface area contributed by atoms with Gasteiger partial charge in [0.25, 0.3) is 5.56 Å².